The van der Waals surface area contributed by atoms with Gasteiger partial charge < -0.3 is 9.47 Å². The smallest absolute Gasteiger partial charge is 0.180 e. The summed E-state index contributed by atoms with van der Waals surface area (Å²) in [4.78, 5) is 11.8. The highest BCUT2D eigenvalue weighted by atomic mass is 16.5. The first-order valence-electron chi connectivity index (χ1n) is 10.3. The van der Waals surface area contributed by atoms with Crippen LogP contribution < -0.4 is 4.74 Å². The number of Topliss-reactive ketones (excluding diaryl/α,β-unsaturated/α-hetero) is 1. The topological polar surface area (TPSA) is 53.4 Å². The van der Waals surface area contributed by atoms with E-state index >= 15 is 0 Å². The number of aryl methyl sites for hydroxylation is 1. The number of ketones is 1. The lowest BCUT2D eigenvalue weighted by molar-refractivity contribution is 0.101. The van der Waals surface area contributed by atoms with Crippen LogP contribution in [0.1, 0.15) is 41.9 Å². The van der Waals surface area contributed by atoms with Crippen molar-refractivity contribution in [3.05, 3.63) is 71.4 Å². The van der Waals surface area contributed by atoms with Crippen LogP contribution in [0.4, 0.5) is 0 Å². The summed E-state index contributed by atoms with van der Waals surface area (Å²) < 4.78 is 12.3. The van der Waals surface area contributed by atoms with E-state index in [9.17, 15) is 4.79 Å². The Morgan fingerprint density at radius 3 is 2.50 bits per heavy atom. The Labute approximate surface area is 178 Å². The van der Waals surface area contributed by atoms with Crippen molar-refractivity contribution in [3.63, 3.8) is 0 Å². The molecule has 0 spiro atoms. The largest absolute Gasteiger partial charge is 0.496 e. The third-order valence-electron chi connectivity index (χ3n) is 5.16. The molecule has 2 aromatic carbocycles. The van der Waals surface area contributed by atoms with Crippen LogP contribution in [0.2, 0.25) is 0 Å². The second-order valence-electron chi connectivity index (χ2n) is 7.77. The number of carbonyl (C=O) groups excluding carboxylic acids is 1. The molecule has 0 N–H and O–H groups in total. The van der Waals surface area contributed by atoms with Crippen molar-refractivity contribution in [1.82, 2.24) is 9.78 Å². The molecule has 1 fully saturated rings. The van der Waals surface area contributed by atoms with E-state index in [1.807, 2.05) is 48.0 Å². The van der Waals surface area contributed by atoms with Crippen molar-refractivity contribution in [1.29, 1.82) is 0 Å². The summed E-state index contributed by atoms with van der Waals surface area (Å²) in [5.41, 5.74) is 4.61. The highest BCUT2D eigenvalue weighted by Gasteiger charge is 2.14. The number of benzene rings is 2. The van der Waals surface area contributed by atoms with E-state index in [4.69, 9.17) is 9.47 Å². The molecule has 4 rings (SSSR count). The van der Waals surface area contributed by atoms with Gasteiger partial charge in [-0.25, -0.2) is 0 Å². The third-order valence-corrected chi connectivity index (χ3v) is 5.16. The van der Waals surface area contributed by atoms with E-state index in [0.717, 1.165) is 47.3 Å². The van der Waals surface area contributed by atoms with Gasteiger partial charge in [0, 0.05) is 25.7 Å². The first-order valence-corrected chi connectivity index (χ1v) is 10.3. The predicted octanol–water partition coefficient (Wildman–Crippen LogP) is 5.16. The van der Waals surface area contributed by atoms with E-state index < -0.39 is 0 Å². The predicted molar refractivity (Wildman–Crippen MR) is 119 cm³/mol. The van der Waals surface area contributed by atoms with Crippen LogP contribution in [0.5, 0.6) is 5.75 Å². The third kappa shape index (κ3) is 5.57. The average Bonchev–Trinajstić information content (AvgIpc) is 3.38. The van der Waals surface area contributed by atoms with Crippen LogP contribution in [0.3, 0.4) is 0 Å². The highest BCUT2D eigenvalue weighted by Crippen LogP contribution is 2.27. The van der Waals surface area contributed by atoms with Crippen molar-refractivity contribution in [2.45, 2.75) is 33.7 Å². The van der Waals surface area contributed by atoms with Gasteiger partial charge in [0.2, 0.25) is 0 Å². The Morgan fingerprint density at radius 1 is 1.20 bits per heavy atom. The van der Waals surface area contributed by atoms with E-state index in [1.54, 1.807) is 7.11 Å². The SMILES string of the molecule is CC1CCOC1.COc1ccc(-c2cc(C(C)=O)nn2Cc2ccccc2)cc1C. The monoisotopic (exact) mass is 406 g/mol. The number of aromatic nitrogens is 2. The quantitative estimate of drug-likeness (QED) is 0.549. The van der Waals surface area contributed by atoms with Crippen LogP contribution in [-0.4, -0.2) is 35.9 Å². The molecule has 5 nitrogen and oxygen atoms in total. The van der Waals surface area contributed by atoms with Crippen molar-refractivity contribution in [2.75, 3.05) is 20.3 Å². The van der Waals surface area contributed by atoms with Gasteiger partial charge in [-0.3, -0.25) is 9.48 Å². The van der Waals surface area contributed by atoms with E-state index in [2.05, 4.69) is 30.2 Å². The number of rotatable bonds is 5. The second kappa shape index (κ2) is 10.2. The standard InChI is InChI=1S/C20H20N2O2.C5H10O/c1-14-11-17(9-10-20(14)24-3)19-12-18(15(2)23)21-22(19)13-16-7-5-4-6-8-16;1-5-2-3-6-4-5/h4-12H,13H2,1-3H3;5H,2-4H2,1H3. The van der Waals surface area contributed by atoms with Crippen LogP contribution in [0.15, 0.2) is 54.6 Å². The van der Waals surface area contributed by atoms with Gasteiger partial charge in [-0.1, -0.05) is 37.3 Å². The molecule has 0 amide bonds. The van der Waals surface area contributed by atoms with E-state index in [1.165, 1.54) is 13.3 Å². The Kier molecular flexibility index (Phi) is 7.41. The van der Waals surface area contributed by atoms with Gasteiger partial charge >= 0.3 is 0 Å². The van der Waals surface area contributed by atoms with Gasteiger partial charge in [0.1, 0.15) is 11.4 Å². The lowest BCUT2D eigenvalue weighted by Crippen LogP contribution is -2.05. The van der Waals surface area contributed by atoms with Gasteiger partial charge in [0.05, 0.1) is 19.3 Å². The molecule has 1 atom stereocenters. The minimum Gasteiger partial charge on any atom is -0.496 e. The molecule has 1 aliphatic rings. The average molecular weight is 407 g/mol. The Balaban J connectivity index is 0.000000367. The van der Waals surface area contributed by atoms with Crippen LogP contribution >= 0.6 is 0 Å². The van der Waals surface area contributed by atoms with E-state index in [-0.39, 0.29) is 5.78 Å². The van der Waals surface area contributed by atoms with Gasteiger partial charge in [0.25, 0.3) is 0 Å². The fraction of sp³-hybridized carbons (Fsp3) is 0.360. The molecule has 0 aliphatic carbocycles. The molecule has 0 bridgehead atoms. The van der Waals surface area contributed by atoms with Crippen molar-refractivity contribution in [2.24, 2.45) is 5.92 Å². The summed E-state index contributed by atoms with van der Waals surface area (Å²) in [5.74, 6) is 1.64. The Bertz CT molecular complexity index is 973. The fourth-order valence-corrected chi connectivity index (χ4v) is 3.39. The molecule has 158 valence electrons. The molecule has 1 unspecified atom stereocenters. The molecule has 3 aromatic rings. The summed E-state index contributed by atoms with van der Waals surface area (Å²) in [5, 5.41) is 4.49. The lowest BCUT2D eigenvalue weighted by atomic mass is 10.1. The maximum Gasteiger partial charge on any atom is 0.180 e. The number of nitrogens with zero attached hydrogens (tertiary/aromatic N) is 2. The number of hydrogen-bond donors (Lipinski definition) is 0. The number of ether oxygens (including phenoxy) is 2. The molecule has 0 saturated carbocycles. The van der Waals surface area contributed by atoms with Gasteiger partial charge in [-0.05, 0) is 54.7 Å². The van der Waals surface area contributed by atoms with Crippen molar-refractivity contribution >= 4 is 5.78 Å². The summed E-state index contributed by atoms with van der Waals surface area (Å²) in [6.07, 6.45) is 1.26. The molecule has 2 heterocycles. The summed E-state index contributed by atoms with van der Waals surface area (Å²) >= 11 is 0. The zero-order valence-corrected chi connectivity index (χ0v) is 18.2. The number of methoxy groups -OCH3 is 1. The van der Waals surface area contributed by atoms with Gasteiger partial charge in [-0.15, -0.1) is 0 Å². The first kappa shape index (κ1) is 21.8. The zero-order valence-electron chi connectivity index (χ0n) is 18.2. The minimum absolute atomic E-state index is 0.0340. The molecule has 30 heavy (non-hydrogen) atoms. The number of hydrogen-bond acceptors (Lipinski definition) is 4. The fourth-order valence-electron chi connectivity index (χ4n) is 3.39. The maximum absolute atomic E-state index is 11.8. The molecular formula is C25H30N2O3. The maximum atomic E-state index is 11.8. The first-order chi connectivity index (χ1) is 14.5. The van der Waals surface area contributed by atoms with Crippen LogP contribution in [0, 0.1) is 12.8 Å². The Morgan fingerprint density at radius 2 is 1.97 bits per heavy atom. The van der Waals surface area contributed by atoms with Crippen molar-refractivity contribution in [3.8, 4) is 17.0 Å². The van der Waals surface area contributed by atoms with Crippen molar-refractivity contribution < 1.29 is 14.3 Å². The van der Waals surface area contributed by atoms with Crippen LogP contribution in [-0.2, 0) is 11.3 Å². The molecular weight excluding hydrogens is 376 g/mol. The minimum atomic E-state index is -0.0340. The summed E-state index contributed by atoms with van der Waals surface area (Å²) in [6, 6.07) is 17.9. The summed E-state index contributed by atoms with van der Waals surface area (Å²) in [6.45, 7) is 8.35. The zero-order chi connectivity index (χ0) is 21.5. The molecule has 5 heteroatoms. The molecule has 0 radical (unpaired) electrons. The molecule has 1 saturated heterocycles. The van der Waals surface area contributed by atoms with Crippen LogP contribution in [0.25, 0.3) is 11.3 Å². The summed E-state index contributed by atoms with van der Waals surface area (Å²) in [7, 11) is 1.66. The molecule has 1 aromatic heterocycles. The number of carbonyl (C=O) groups is 1. The molecule has 1 aliphatic heterocycles. The second-order valence-corrected chi connectivity index (χ2v) is 7.77. The highest BCUT2D eigenvalue weighted by molar-refractivity contribution is 5.93. The Hall–Kier alpha value is -2.92. The van der Waals surface area contributed by atoms with Gasteiger partial charge in [0.15, 0.2) is 5.78 Å². The normalized spacial score (nSPS) is 15.4. The van der Waals surface area contributed by atoms with E-state index in [0.29, 0.717) is 12.2 Å². The lowest BCUT2D eigenvalue weighted by Gasteiger charge is -2.10. The van der Waals surface area contributed by atoms with Gasteiger partial charge in [-0.2, -0.15) is 5.10 Å².